The molecule has 9 aromatic rings. The van der Waals surface area contributed by atoms with Crippen LogP contribution in [0.3, 0.4) is 0 Å². The minimum absolute atomic E-state index is 0.794. The SMILES string of the molecule is C(=Nc1c(-c2ccccc2)cccc1-c1ccccc1)c1cccc2c1nnc1c(C=Nc3c(-c4ccccc4)cccc3-c3ccccc3)cccc12. The van der Waals surface area contributed by atoms with Crippen LogP contribution >= 0.6 is 0 Å². The summed E-state index contributed by atoms with van der Waals surface area (Å²) in [5.74, 6) is 0. The summed E-state index contributed by atoms with van der Waals surface area (Å²) in [4.78, 5) is 10.4. The zero-order chi connectivity index (χ0) is 36.1. The molecule has 0 N–H and O–H groups in total. The summed E-state index contributed by atoms with van der Waals surface area (Å²) in [5.41, 5.74) is 13.9. The van der Waals surface area contributed by atoms with Crippen molar-refractivity contribution in [3.63, 3.8) is 0 Å². The average Bonchev–Trinajstić information content (AvgIpc) is 3.25. The maximum atomic E-state index is 5.19. The summed E-state index contributed by atoms with van der Waals surface area (Å²) in [7, 11) is 0. The third-order valence-corrected chi connectivity index (χ3v) is 9.75. The molecule has 0 aliphatic rings. The fourth-order valence-electron chi connectivity index (χ4n) is 7.12. The number of para-hydroxylation sites is 2. The van der Waals surface area contributed by atoms with Crippen LogP contribution in [0.4, 0.5) is 11.4 Å². The van der Waals surface area contributed by atoms with E-state index in [0.717, 1.165) is 88.8 Å². The Labute approximate surface area is 314 Å². The Balaban J connectivity index is 1.14. The maximum absolute atomic E-state index is 5.19. The van der Waals surface area contributed by atoms with Crippen LogP contribution in [0.2, 0.25) is 0 Å². The Hall–Kier alpha value is -7.30. The summed E-state index contributed by atoms with van der Waals surface area (Å²) in [6.45, 7) is 0. The van der Waals surface area contributed by atoms with Crippen molar-refractivity contribution >= 4 is 45.6 Å². The van der Waals surface area contributed by atoms with Gasteiger partial charge in [-0.1, -0.05) is 194 Å². The van der Waals surface area contributed by atoms with Crippen molar-refractivity contribution in [1.82, 2.24) is 10.2 Å². The second-order valence-corrected chi connectivity index (χ2v) is 13.1. The number of aliphatic imine (C=N–C) groups is 2. The third-order valence-electron chi connectivity index (χ3n) is 9.75. The van der Waals surface area contributed by atoms with E-state index < -0.39 is 0 Å². The van der Waals surface area contributed by atoms with Crippen molar-refractivity contribution in [3.05, 3.63) is 205 Å². The van der Waals surface area contributed by atoms with E-state index in [1.54, 1.807) is 0 Å². The van der Waals surface area contributed by atoms with Gasteiger partial charge in [0.05, 0.1) is 11.4 Å². The highest BCUT2D eigenvalue weighted by Crippen LogP contribution is 2.41. The second-order valence-electron chi connectivity index (χ2n) is 13.1. The summed E-state index contributed by atoms with van der Waals surface area (Å²) < 4.78 is 0. The van der Waals surface area contributed by atoms with Crippen LogP contribution in [0.25, 0.3) is 66.3 Å². The quantitative estimate of drug-likeness (QED) is 0.118. The number of aromatic nitrogens is 2. The van der Waals surface area contributed by atoms with Crippen molar-refractivity contribution < 1.29 is 0 Å². The molecule has 1 heterocycles. The Bertz CT molecular complexity index is 2480. The van der Waals surface area contributed by atoms with Gasteiger partial charge in [0.15, 0.2) is 0 Å². The van der Waals surface area contributed by atoms with Gasteiger partial charge in [0.25, 0.3) is 0 Å². The van der Waals surface area contributed by atoms with E-state index in [2.05, 4.69) is 170 Å². The fourth-order valence-corrected chi connectivity index (χ4v) is 7.12. The first-order valence-corrected chi connectivity index (χ1v) is 18.1. The molecule has 0 saturated heterocycles. The molecule has 0 saturated carbocycles. The molecule has 0 atom stereocenters. The molecule has 0 bridgehead atoms. The van der Waals surface area contributed by atoms with Crippen LogP contribution in [0.15, 0.2) is 204 Å². The molecule has 4 nitrogen and oxygen atoms in total. The average molecular weight is 691 g/mol. The molecular weight excluding hydrogens is 657 g/mol. The van der Waals surface area contributed by atoms with E-state index in [9.17, 15) is 0 Å². The normalized spacial score (nSPS) is 11.6. The molecule has 0 unspecified atom stereocenters. The predicted octanol–water partition coefficient (Wildman–Crippen LogP) is 13.0. The van der Waals surface area contributed by atoms with Gasteiger partial charge in [0, 0.05) is 56.6 Å². The summed E-state index contributed by atoms with van der Waals surface area (Å²) in [6, 6.07) is 66.8. The first-order chi connectivity index (χ1) is 26.8. The number of rotatable bonds is 8. The van der Waals surface area contributed by atoms with Crippen molar-refractivity contribution in [2.75, 3.05) is 0 Å². The summed E-state index contributed by atoms with van der Waals surface area (Å²) in [5, 5.41) is 11.7. The maximum Gasteiger partial charge on any atom is 0.102 e. The highest BCUT2D eigenvalue weighted by atomic mass is 15.1. The fraction of sp³-hybridized carbons (Fsp3) is 0. The molecule has 0 spiro atoms. The van der Waals surface area contributed by atoms with Crippen LogP contribution in [-0.2, 0) is 0 Å². The molecular formula is C50H34N4. The first kappa shape index (κ1) is 32.6. The third kappa shape index (κ3) is 6.38. The predicted molar refractivity (Wildman–Crippen MR) is 226 cm³/mol. The zero-order valence-electron chi connectivity index (χ0n) is 29.4. The van der Waals surface area contributed by atoms with E-state index >= 15 is 0 Å². The largest absolute Gasteiger partial charge is 0.255 e. The Kier molecular flexibility index (Phi) is 8.90. The first-order valence-electron chi connectivity index (χ1n) is 18.1. The van der Waals surface area contributed by atoms with Crippen molar-refractivity contribution in [2.45, 2.75) is 0 Å². The topological polar surface area (TPSA) is 50.5 Å². The summed E-state index contributed by atoms with van der Waals surface area (Å²) >= 11 is 0. The molecule has 0 amide bonds. The van der Waals surface area contributed by atoms with Gasteiger partial charge in [0.1, 0.15) is 11.0 Å². The Morgan fingerprint density at radius 3 is 0.907 bits per heavy atom. The van der Waals surface area contributed by atoms with Crippen LogP contribution in [-0.4, -0.2) is 22.6 Å². The Morgan fingerprint density at radius 1 is 0.296 bits per heavy atom. The van der Waals surface area contributed by atoms with Gasteiger partial charge in [-0.15, -0.1) is 10.2 Å². The number of fused-ring (bicyclic) bond motifs is 3. The van der Waals surface area contributed by atoms with Gasteiger partial charge in [-0.25, -0.2) is 0 Å². The van der Waals surface area contributed by atoms with Gasteiger partial charge in [0.2, 0.25) is 0 Å². The number of benzene rings is 8. The van der Waals surface area contributed by atoms with Gasteiger partial charge in [-0.3, -0.25) is 9.98 Å². The molecule has 4 heteroatoms. The standard InChI is InChI=1S/C50H34N4/c1-5-17-35(18-6-1)41-27-15-28-42(36-19-7-2-8-20-36)49(41)51-33-39-25-13-31-45-46-32-14-26-40(48(46)54-53-47(39)45)34-52-50-43(37-21-9-3-10-22-37)29-16-30-44(50)38-23-11-4-12-24-38/h1-34H. The molecule has 0 aliphatic heterocycles. The molecule has 0 aliphatic carbocycles. The minimum atomic E-state index is 0.794. The Morgan fingerprint density at radius 2 is 0.593 bits per heavy atom. The zero-order valence-corrected chi connectivity index (χ0v) is 29.4. The lowest BCUT2D eigenvalue weighted by molar-refractivity contribution is 1.12. The van der Waals surface area contributed by atoms with Gasteiger partial charge in [-0.2, -0.15) is 0 Å². The monoisotopic (exact) mass is 690 g/mol. The molecule has 0 fully saturated rings. The molecule has 54 heavy (non-hydrogen) atoms. The molecule has 0 radical (unpaired) electrons. The van der Waals surface area contributed by atoms with Gasteiger partial charge < -0.3 is 0 Å². The number of hydrogen-bond donors (Lipinski definition) is 0. The number of nitrogens with zero attached hydrogens (tertiary/aromatic N) is 4. The highest BCUT2D eigenvalue weighted by molar-refractivity contribution is 6.13. The molecule has 254 valence electrons. The van der Waals surface area contributed by atoms with Crippen molar-refractivity contribution in [1.29, 1.82) is 0 Å². The van der Waals surface area contributed by atoms with E-state index in [-0.39, 0.29) is 0 Å². The lowest BCUT2D eigenvalue weighted by atomic mass is 9.96. The minimum Gasteiger partial charge on any atom is -0.255 e. The smallest absolute Gasteiger partial charge is 0.102 e. The number of hydrogen-bond acceptors (Lipinski definition) is 4. The lowest BCUT2D eigenvalue weighted by Gasteiger charge is -2.13. The summed E-state index contributed by atoms with van der Waals surface area (Å²) in [6.07, 6.45) is 3.85. The highest BCUT2D eigenvalue weighted by Gasteiger charge is 2.14. The van der Waals surface area contributed by atoms with Gasteiger partial charge in [-0.05, 0) is 22.3 Å². The van der Waals surface area contributed by atoms with Crippen LogP contribution in [0.5, 0.6) is 0 Å². The molecule has 8 aromatic carbocycles. The second kappa shape index (κ2) is 14.7. The van der Waals surface area contributed by atoms with E-state index in [1.165, 1.54) is 0 Å². The van der Waals surface area contributed by atoms with Crippen molar-refractivity contribution in [2.24, 2.45) is 9.98 Å². The van der Waals surface area contributed by atoms with E-state index in [4.69, 9.17) is 20.2 Å². The van der Waals surface area contributed by atoms with E-state index in [0.29, 0.717) is 0 Å². The van der Waals surface area contributed by atoms with Crippen LogP contribution in [0.1, 0.15) is 11.1 Å². The van der Waals surface area contributed by atoms with Crippen molar-refractivity contribution in [3.8, 4) is 44.5 Å². The molecule has 1 aromatic heterocycles. The van der Waals surface area contributed by atoms with Gasteiger partial charge >= 0.3 is 0 Å². The van der Waals surface area contributed by atoms with E-state index in [1.807, 2.05) is 36.7 Å². The molecule has 9 rings (SSSR count). The van der Waals surface area contributed by atoms with Crippen LogP contribution < -0.4 is 0 Å². The van der Waals surface area contributed by atoms with Crippen LogP contribution in [0, 0.1) is 0 Å². The lowest BCUT2D eigenvalue weighted by Crippen LogP contribution is -1.96.